The number of rotatable bonds is 7. The van der Waals surface area contributed by atoms with E-state index in [9.17, 15) is 9.59 Å². The minimum Gasteiger partial charge on any atom is -0.494 e. The highest BCUT2D eigenvalue weighted by molar-refractivity contribution is 5.92. The summed E-state index contributed by atoms with van der Waals surface area (Å²) in [5.41, 5.74) is 0.685. The number of benzene rings is 1. The number of carbonyl (C=O) groups is 2. The summed E-state index contributed by atoms with van der Waals surface area (Å²) in [6.45, 7) is 2.70. The molecule has 1 aromatic rings. The fourth-order valence-corrected chi connectivity index (χ4v) is 1.59. The highest BCUT2D eigenvalue weighted by Crippen LogP contribution is 2.15. The Bertz CT molecular complexity index is 445. The van der Waals surface area contributed by atoms with Gasteiger partial charge in [0.1, 0.15) is 5.75 Å². The maximum Gasteiger partial charge on any atom is 0.319 e. The fourth-order valence-electron chi connectivity index (χ4n) is 1.59. The van der Waals surface area contributed by atoms with E-state index in [-0.39, 0.29) is 25.0 Å². The Morgan fingerprint density at radius 3 is 2.40 bits per heavy atom. The average Bonchev–Trinajstić information content (AvgIpc) is 2.40. The summed E-state index contributed by atoms with van der Waals surface area (Å²) < 4.78 is 9.84. The number of hydrogen-bond acceptors (Lipinski definition) is 5. The molecule has 1 rings (SSSR count). The molecule has 0 aliphatic carbocycles. The zero-order valence-corrected chi connectivity index (χ0v) is 12.0. The number of nitrogens with zero attached hydrogens (tertiary/aromatic N) is 1. The van der Waals surface area contributed by atoms with Crippen molar-refractivity contribution in [2.45, 2.75) is 6.92 Å². The van der Waals surface area contributed by atoms with Crippen molar-refractivity contribution < 1.29 is 19.1 Å². The third-order valence-corrected chi connectivity index (χ3v) is 2.49. The predicted molar refractivity (Wildman–Crippen MR) is 75.8 cm³/mol. The number of nitrogens with one attached hydrogen (secondary N) is 1. The number of amides is 1. The van der Waals surface area contributed by atoms with Crippen LogP contribution in [0.25, 0.3) is 0 Å². The number of likely N-dealkylation sites (N-methyl/N-ethyl adjacent to an activating group) is 1. The van der Waals surface area contributed by atoms with Crippen LogP contribution in [-0.4, -0.2) is 50.6 Å². The molecule has 1 amide bonds. The average molecular weight is 280 g/mol. The van der Waals surface area contributed by atoms with E-state index in [2.05, 4.69) is 10.1 Å². The van der Waals surface area contributed by atoms with Crippen LogP contribution in [0.1, 0.15) is 6.92 Å². The molecule has 0 saturated heterocycles. The van der Waals surface area contributed by atoms with Crippen molar-refractivity contribution in [2.75, 3.05) is 39.2 Å². The third kappa shape index (κ3) is 5.71. The largest absolute Gasteiger partial charge is 0.494 e. The predicted octanol–water partition coefficient (Wildman–Crippen LogP) is 1.13. The van der Waals surface area contributed by atoms with Gasteiger partial charge in [-0.3, -0.25) is 14.5 Å². The summed E-state index contributed by atoms with van der Waals surface area (Å²) in [6, 6.07) is 7.11. The Kier molecular flexibility index (Phi) is 6.52. The van der Waals surface area contributed by atoms with Crippen LogP contribution in [-0.2, 0) is 14.3 Å². The van der Waals surface area contributed by atoms with Gasteiger partial charge in [-0.25, -0.2) is 0 Å². The quantitative estimate of drug-likeness (QED) is 0.758. The Hall–Kier alpha value is -2.08. The molecule has 1 aromatic carbocycles. The van der Waals surface area contributed by atoms with Gasteiger partial charge in [-0.05, 0) is 38.2 Å². The van der Waals surface area contributed by atoms with Crippen molar-refractivity contribution >= 4 is 17.6 Å². The molecule has 0 aromatic heterocycles. The van der Waals surface area contributed by atoms with Crippen LogP contribution in [0, 0.1) is 0 Å². The van der Waals surface area contributed by atoms with Gasteiger partial charge in [0.25, 0.3) is 0 Å². The smallest absolute Gasteiger partial charge is 0.319 e. The van der Waals surface area contributed by atoms with Gasteiger partial charge in [-0.2, -0.15) is 0 Å². The molecule has 0 radical (unpaired) electrons. The molecular weight excluding hydrogens is 260 g/mol. The van der Waals surface area contributed by atoms with Crippen LogP contribution in [0.2, 0.25) is 0 Å². The molecule has 0 atom stereocenters. The van der Waals surface area contributed by atoms with E-state index in [0.717, 1.165) is 5.75 Å². The van der Waals surface area contributed by atoms with Crippen LogP contribution in [0.3, 0.4) is 0 Å². The van der Waals surface area contributed by atoms with E-state index in [1.807, 2.05) is 6.92 Å². The molecule has 0 bridgehead atoms. The van der Waals surface area contributed by atoms with Gasteiger partial charge in [0.05, 0.1) is 26.8 Å². The van der Waals surface area contributed by atoms with Gasteiger partial charge in [-0.15, -0.1) is 0 Å². The number of anilines is 1. The second-order valence-corrected chi connectivity index (χ2v) is 4.25. The maximum absolute atomic E-state index is 11.8. The molecule has 0 spiro atoms. The summed E-state index contributed by atoms with van der Waals surface area (Å²) in [6.07, 6.45) is 0. The Balaban J connectivity index is 2.43. The van der Waals surface area contributed by atoms with Crippen LogP contribution in [0.15, 0.2) is 24.3 Å². The van der Waals surface area contributed by atoms with E-state index in [0.29, 0.717) is 12.3 Å². The molecule has 0 heterocycles. The van der Waals surface area contributed by atoms with Gasteiger partial charge >= 0.3 is 5.97 Å². The maximum atomic E-state index is 11.8. The van der Waals surface area contributed by atoms with Crippen molar-refractivity contribution in [3.63, 3.8) is 0 Å². The third-order valence-electron chi connectivity index (χ3n) is 2.49. The summed E-state index contributed by atoms with van der Waals surface area (Å²) in [5, 5.41) is 2.75. The highest BCUT2D eigenvalue weighted by atomic mass is 16.5. The summed E-state index contributed by atoms with van der Waals surface area (Å²) >= 11 is 0. The minimum atomic E-state index is -0.374. The number of ether oxygens (including phenoxy) is 2. The van der Waals surface area contributed by atoms with E-state index < -0.39 is 0 Å². The molecule has 0 saturated carbocycles. The number of esters is 1. The number of carbonyl (C=O) groups excluding carboxylic acids is 2. The zero-order valence-electron chi connectivity index (χ0n) is 12.0. The Morgan fingerprint density at radius 2 is 1.85 bits per heavy atom. The normalized spacial score (nSPS) is 10.2. The molecule has 1 N–H and O–H groups in total. The first-order chi connectivity index (χ1) is 9.55. The standard InChI is InChI=1S/C14H20N2O4/c1-4-20-12-7-5-11(6-8-12)15-13(17)9-16(2)10-14(18)19-3/h5-8H,4,9-10H2,1-3H3,(H,15,17). The van der Waals surface area contributed by atoms with E-state index in [4.69, 9.17) is 4.74 Å². The molecule has 0 unspecified atom stereocenters. The Labute approximate surface area is 118 Å². The lowest BCUT2D eigenvalue weighted by molar-refractivity contribution is -0.141. The molecular formula is C14H20N2O4. The van der Waals surface area contributed by atoms with Crippen molar-refractivity contribution in [3.8, 4) is 5.75 Å². The zero-order chi connectivity index (χ0) is 15.0. The van der Waals surface area contributed by atoms with Gasteiger partial charge in [-0.1, -0.05) is 0 Å². The highest BCUT2D eigenvalue weighted by Gasteiger charge is 2.10. The van der Waals surface area contributed by atoms with Crippen molar-refractivity contribution in [3.05, 3.63) is 24.3 Å². The molecule has 20 heavy (non-hydrogen) atoms. The topological polar surface area (TPSA) is 67.9 Å². The fraction of sp³-hybridized carbons (Fsp3) is 0.429. The van der Waals surface area contributed by atoms with Gasteiger partial charge < -0.3 is 14.8 Å². The first kappa shape index (κ1) is 16.0. The molecule has 0 aliphatic heterocycles. The van der Waals surface area contributed by atoms with Crippen LogP contribution >= 0.6 is 0 Å². The monoisotopic (exact) mass is 280 g/mol. The number of hydrogen-bond donors (Lipinski definition) is 1. The lowest BCUT2D eigenvalue weighted by atomic mass is 10.3. The SMILES string of the molecule is CCOc1ccc(NC(=O)CN(C)CC(=O)OC)cc1. The van der Waals surface area contributed by atoms with Crippen molar-refractivity contribution in [1.29, 1.82) is 0 Å². The van der Waals surface area contributed by atoms with Gasteiger partial charge in [0.15, 0.2) is 0 Å². The lowest BCUT2D eigenvalue weighted by Crippen LogP contribution is -2.34. The van der Waals surface area contributed by atoms with Gasteiger partial charge in [0.2, 0.25) is 5.91 Å². The van der Waals surface area contributed by atoms with Crippen LogP contribution in [0.5, 0.6) is 5.75 Å². The first-order valence-corrected chi connectivity index (χ1v) is 6.33. The Morgan fingerprint density at radius 1 is 1.20 bits per heavy atom. The summed E-state index contributed by atoms with van der Waals surface area (Å²) in [4.78, 5) is 24.4. The molecule has 0 fully saturated rings. The van der Waals surface area contributed by atoms with Crippen LogP contribution in [0.4, 0.5) is 5.69 Å². The van der Waals surface area contributed by atoms with E-state index >= 15 is 0 Å². The summed E-state index contributed by atoms with van der Waals surface area (Å²) in [5.74, 6) is 0.190. The molecule has 6 heteroatoms. The van der Waals surface area contributed by atoms with Gasteiger partial charge in [0, 0.05) is 5.69 Å². The molecule has 0 aliphatic rings. The minimum absolute atomic E-state index is 0.0766. The second kappa shape index (κ2) is 8.16. The van der Waals surface area contributed by atoms with Crippen molar-refractivity contribution in [1.82, 2.24) is 4.90 Å². The van der Waals surface area contributed by atoms with E-state index in [1.54, 1.807) is 36.2 Å². The molecule has 6 nitrogen and oxygen atoms in total. The first-order valence-electron chi connectivity index (χ1n) is 6.33. The molecule has 110 valence electrons. The van der Waals surface area contributed by atoms with Crippen LogP contribution < -0.4 is 10.1 Å². The van der Waals surface area contributed by atoms with E-state index in [1.165, 1.54) is 7.11 Å². The number of methoxy groups -OCH3 is 1. The lowest BCUT2D eigenvalue weighted by Gasteiger charge is -2.14. The second-order valence-electron chi connectivity index (χ2n) is 4.25. The summed E-state index contributed by atoms with van der Waals surface area (Å²) in [7, 11) is 2.99. The van der Waals surface area contributed by atoms with Crippen molar-refractivity contribution in [2.24, 2.45) is 0 Å².